The van der Waals surface area contributed by atoms with Crippen molar-refractivity contribution in [2.45, 2.75) is 45.6 Å². The van der Waals surface area contributed by atoms with Crippen LogP contribution in [0.1, 0.15) is 55.8 Å². The molecule has 0 saturated heterocycles. The van der Waals surface area contributed by atoms with Crippen LogP contribution in [0.15, 0.2) is 6.20 Å². The van der Waals surface area contributed by atoms with Crippen LogP contribution < -0.4 is 5.32 Å². The summed E-state index contributed by atoms with van der Waals surface area (Å²) in [4.78, 5) is 22.1. The quantitative estimate of drug-likeness (QED) is 0.764. The highest BCUT2D eigenvalue weighted by Crippen LogP contribution is 2.26. The minimum absolute atomic E-state index is 0.0585. The maximum Gasteiger partial charge on any atom is 0.356 e. The molecule has 2 rings (SSSR count). The normalized spacial score (nSPS) is 14.7. The number of anilines is 1. The number of rotatable bonds is 8. The van der Waals surface area contributed by atoms with E-state index in [9.17, 15) is 9.90 Å². The maximum atomic E-state index is 11.3. The molecule has 1 fully saturated rings. The van der Waals surface area contributed by atoms with E-state index in [0.29, 0.717) is 18.1 Å². The van der Waals surface area contributed by atoms with E-state index >= 15 is 0 Å². The Morgan fingerprint density at radius 1 is 1.52 bits per heavy atom. The number of carbonyl (C=O) groups is 1. The van der Waals surface area contributed by atoms with Crippen LogP contribution >= 0.6 is 0 Å². The molecule has 0 radical (unpaired) electrons. The van der Waals surface area contributed by atoms with Crippen LogP contribution in [0.4, 0.5) is 5.69 Å². The fourth-order valence-corrected chi connectivity index (χ4v) is 2.34. The molecule has 116 valence electrons. The zero-order valence-corrected chi connectivity index (χ0v) is 13.0. The van der Waals surface area contributed by atoms with Crippen LogP contribution in [0.2, 0.25) is 0 Å². The SMILES string of the molecule is CCN(CCNc1cnc(C(C)C)nc1C(=O)O)C1CC1. The van der Waals surface area contributed by atoms with Gasteiger partial charge in [0.1, 0.15) is 5.82 Å². The first-order valence-corrected chi connectivity index (χ1v) is 7.61. The van der Waals surface area contributed by atoms with Crippen molar-refractivity contribution in [2.75, 3.05) is 25.0 Å². The van der Waals surface area contributed by atoms with Crippen LogP contribution in [-0.2, 0) is 0 Å². The Balaban J connectivity index is 1.99. The second kappa shape index (κ2) is 6.85. The number of nitrogens with zero attached hydrogens (tertiary/aromatic N) is 3. The maximum absolute atomic E-state index is 11.3. The number of carboxylic acid groups (broad SMARTS) is 1. The third-order valence-corrected chi connectivity index (χ3v) is 3.71. The zero-order chi connectivity index (χ0) is 15.4. The molecule has 6 heteroatoms. The van der Waals surface area contributed by atoms with E-state index in [0.717, 1.165) is 19.1 Å². The number of aromatic carboxylic acids is 1. The molecule has 1 aromatic heterocycles. The van der Waals surface area contributed by atoms with Gasteiger partial charge >= 0.3 is 5.97 Å². The Morgan fingerprint density at radius 2 is 2.24 bits per heavy atom. The fourth-order valence-electron chi connectivity index (χ4n) is 2.34. The zero-order valence-electron chi connectivity index (χ0n) is 13.0. The van der Waals surface area contributed by atoms with E-state index in [-0.39, 0.29) is 11.6 Å². The van der Waals surface area contributed by atoms with Gasteiger partial charge in [-0.15, -0.1) is 0 Å². The third kappa shape index (κ3) is 4.14. The van der Waals surface area contributed by atoms with Gasteiger partial charge in [0.05, 0.1) is 11.9 Å². The van der Waals surface area contributed by atoms with Crippen molar-refractivity contribution in [3.8, 4) is 0 Å². The summed E-state index contributed by atoms with van der Waals surface area (Å²) < 4.78 is 0. The molecule has 2 N–H and O–H groups in total. The number of likely N-dealkylation sites (N-methyl/N-ethyl adjacent to an activating group) is 1. The predicted molar refractivity (Wildman–Crippen MR) is 81.8 cm³/mol. The Hall–Kier alpha value is -1.69. The number of carboxylic acids is 1. The van der Waals surface area contributed by atoms with E-state index in [1.807, 2.05) is 13.8 Å². The van der Waals surface area contributed by atoms with E-state index < -0.39 is 5.97 Å². The molecule has 0 bridgehead atoms. The van der Waals surface area contributed by atoms with E-state index in [1.165, 1.54) is 12.8 Å². The van der Waals surface area contributed by atoms with E-state index in [2.05, 4.69) is 27.1 Å². The summed E-state index contributed by atoms with van der Waals surface area (Å²) in [5, 5.41) is 12.4. The summed E-state index contributed by atoms with van der Waals surface area (Å²) in [5.74, 6) is -0.343. The van der Waals surface area contributed by atoms with Crippen molar-refractivity contribution in [3.63, 3.8) is 0 Å². The lowest BCUT2D eigenvalue weighted by Gasteiger charge is -2.20. The van der Waals surface area contributed by atoms with Crippen molar-refractivity contribution in [2.24, 2.45) is 0 Å². The molecule has 0 unspecified atom stereocenters. The third-order valence-electron chi connectivity index (χ3n) is 3.71. The summed E-state index contributed by atoms with van der Waals surface area (Å²) in [6.45, 7) is 8.69. The van der Waals surface area contributed by atoms with E-state index in [1.54, 1.807) is 6.20 Å². The van der Waals surface area contributed by atoms with Gasteiger partial charge in [-0.05, 0) is 19.4 Å². The van der Waals surface area contributed by atoms with Crippen LogP contribution in [-0.4, -0.2) is 51.6 Å². The van der Waals surface area contributed by atoms with Crippen molar-refractivity contribution >= 4 is 11.7 Å². The van der Waals surface area contributed by atoms with Crippen molar-refractivity contribution in [1.82, 2.24) is 14.9 Å². The average Bonchev–Trinajstić information content (AvgIpc) is 3.28. The molecule has 0 aliphatic heterocycles. The standard InChI is InChI=1S/C15H24N4O2/c1-4-19(11-5-6-11)8-7-16-12-9-17-14(10(2)3)18-13(12)15(20)21/h9-11,16H,4-8H2,1-3H3,(H,20,21). The van der Waals surface area contributed by atoms with Gasteiger partial charge in [0.2, 0.25) is 0 Å². The lowest BCUT2D eigenvalue weighted by atomic mass is 10.2. The predicted octanol–water partition coefficient (Wildman–Crippen LogP) is 2.19. The van der Waals surface area contributed by atoms with Crippen molar-refractivity contribution < 1.29 is 9.90 Å². The fraction of sp³-hybridized carbons (Fsp3) is 0.667. The molecule has 1 aliphatic rings. The van der Waals surface area contributed by atoms with Gasteiger partial charge in [-0.1, -0.05) is 20.8 Å². The molecule has 1 aliphatic carbocycles. The molecule has 1 heterocycles. The molecular formula is C15H24N4O2. The summed E-state index contributed by atoms with van der Waals surface area (Å²) in [5.41, 5.74) is 0.557. The molecule has 0 amide bonds. The highest BCUT2D eigenvalue weighted by molar-refractivity contribution is 5.91. The van der Waals surface area contributed by atoms with Crippen LogP contribution in [0.3, 0.4) is 0 Å². The first kappa shape index (κ1) is 15.7. The first-order chi connectivity index (χ1) is 10.0. The smallest absolute Gasteiger partial charge is 0.356 e. The minimum Gasteiger partial charge on any atom is -0.476 e. The molecule has 0 spiro atoms. The van der Waals surface area contributed by atoms with Gasteiger partial charge < -0.3 is 10.4 Å². The lowest BCUT2D eigenvalue weighted by Crippen LogP contribution is -2.31. The Bertz CT molecular complexity index is 500. The van der Waals surface area contributed by atoms with Gasteiger partial charge in [-0.25, -0.2) is 14.8 Å². The van der Waals surface area contributed by atoms with Crippen LogP contribution in [0.5, 0.6) is 0 Å². The number of hydrogen-bond donors (Lipinski definition) is 2. The molecule has 0 atom stereocenters. The van der Waals surface area contributed by atoms with Crippen molar-refractivity contribution in [3.05, 3.63) is 17.7 Å². The highest BCUT2D eigenvalue weighted by atomic mass is 16.4. The van der Waals surface area contributed by atoms with Crippen molar-refractivity contribution in [1.29, 1.82) is 0 Å². The number of nitrogens with one attached hydrogen (secondary N) is 1. The molecule has 1 saturated carbocycles. The summed E-state index contributed by atoms with van der Waals surface area (Å²) in [6, 6.07) is 0.718. The van der Waals surface area contributed by atoms with Gasteiger partial charge in [0.25, 0.3) is 0 Å². The summed E-state index contributed by atoms with van der Waals surface area (Å²) >= 11 is 0. The topological polar surface area (TPSA) is 78.3 Å². The second-order valence-corrected chi connectivity index (χ2v) is 5.74. The highest BCUT2D eigenvalue weighted by Gasteiger charge is 2.27. The molecule has 0 aromatic carbocycles. The Morgan fingerprint density at radius 3 is 2.76 bits per heavy atom. The molecular weight excluding hydrogens is 268 g/mol. The van der Waals surface area contributed by atoms with Crippen LogP contribution in [0, 0.1) is 0 Å². The largest absolute Gasteiger partial charge is 0.476 e. The number of hydrogen-bond acceptors (Lipinski definition) is 5. The molecule has 1 aromatic rings. The number of aromatic nitrogens is 2. The lowest BCUT2D eigenvalue weighted by molar-refractivity contribution is 0.0691. The van der Waals surface area contributed by atoms with Gasteiger partial charge in [0, 0.05) is 25.0 Å². The molecule has 6 nitrogen and oxygen atoms in total. The molecule has 21 heavy (non-hydrogen) atoms. The average molecular weight is 292 g/mol. The monoisotopic (exact) mass is 292 g/mol. The van der Waals surface area contributed by atoms with Gasteiger partial charge in [-0.3, -0.25) is 4.90 Å². The van der Waals surface area contributed by atoms with Gasteiger partial charge in [-0.2, -0.15) is 0 Å². The second-order valence-electron chi connectivity index (χ2n) is 5.74. The minimum atomic E-state index is -1.02. The van der Waals surface area contributed by atoms with Gasteiger partial charge in [0.15, 0.2) is 5.69 Å². The first-order valence-electron chi connectivity index (χ1n) is 7.61. The Labute approximate surface area is 125 Å². The van der Waals surface area contributed by atoms with E-state index in [4.69, 9.17) is 0 Å². The summed E-state index contributed by atoms with van der Waals surface area (Å²) in [7, 11) is 0. The summed E-state index contributed by atoms with van der Waals surface area (Å²) in [6.07, 6.45) is 4.14. The Kier molecular flexibility index (Phi) is 5.12. The van der Waals surface area contributed by atoms with Crippen LogP contribution in [0.25, 0.3) is 0 Å².